The molecule has 0 fully saturated rings. The summed E-state index contributed by atoms with van der Waals surface area (Å²) in [4.78, 5) is 15.9. The zero-order valence-corrected chi connectivity index (χ0v) is 14.9. The molecule has 0 bridgehead atoms. The Labute approximate surface area is 148 Å². The Hall–Kier alpha value is -2.25. The molecular formula is C17H16N4OS2. The largest absolute Gasteiger partial charge is 0.301 e. The summed E-state index contributed by atoms with van der Waals surface area (Å²) in [6.07, 6.45) is 1.66. The molecule has 5 nitrogen and oxygen atoms in total. The molecule has 24 heavy (non-hydrogen) atoms. The van der Waals surface area contributed by atoms with E-state index in [2.05, 4.69) is 52.5 Å². The Kier molecular flexibility index (Phi) is 5.22. The van der Waals surface area contributed by atoms with Crippen LogP contribution in [0.25, 0.3) is 11.3 Å². The number of amides is 1. The first-order valence-corrected chi connectivity index (χ1v) is 9.22. The summed E-state index contributed by atoms with van der Waals surface area (Å²) in [7, 11) is 0. The Morgan fingerprint density at radius 3 is 2.79 bits per heavy atom. The van der Waals surface area contributed by atoms with Crippen LogP contribution in [0.2, 0.25) is 0 Å². The molecule has 122 valence electrons. The first kappa shape index (κ1) is 16.6. The summed E-state index contributed by atoms with van der Waals surface area (Å²) in [5.74, 6) is 0.173. The number of carbonyl (C=O) groups excluding carboxylic acids is 1. The minimum atomic E-state index is -0.102. The second-order valence-electron chi connectivity index (χ2n) is 5.25. The summed E-state index contributed by atoms with van der Waals surface area (Å²) >= 11 is 2.75. The monoisotopic (exact) mass is 356 g/mol. The van der Waals surface area contributed by atoms with Crippen LogP contribution in [-0.2, 0) is 4.79 Å². The van der Waals surface area contributed by atoms with Crippen LogP contribution in [0, 0.1) is 13.8 Å². The molecule has 0 unspecified atom stereocenters. The highest BCUT2D eigenvalue weighted by Gasteiger charge is 2.08. The van der Waals surface area contributed by atoms with E-state index < -0.39 is 0 Å². The Morgan fingerprint density at radius 2 is 2.08 bits per heavy atom. The van der Waals surface area contributed by atoms with E-state index in [9.17, 15) is 4.79 Å². The maximum atomic E-state index is 11.8. The van der Waals surface area contributed by atoms with Gasteiger partial charge in [0.25, 0.3) is 0 Å². The van der Waals surface area contributed by atoms with Gasteiger partial charge in [0.15, 0.2) is 5.13 Å². The molecule has 3 aromatic rings. The van der Waals surface area contributed by atoms with Crippen molar-refractivity contribution in [2.45, 2.75) is 18.9 Å². The van der Waals surface area contributed by atoms with E-state index >= 15 is 0 Å². The number of thioether (sulfide) groups is 1. The number of hydrogen-bond acceptors (Lipinski definition) is 6. The molecule has 3 rings (SSSR count). The maximum Gasteiger partial charge on any atom is 0.236 e. The maximum absolute atomic E-state index is 11.8. The molecule has 1 N–H and O–H groups in total. The summed E-state index contributed by atoms with van der Waals surface area (Å²) in [6, 6.07) is 10.1. The highest BCUT2D eigenvalue weighted by atomic mass is 32.2. The molecule has 0 atom stereocenters. The van der Waals surface area contributed by atoms with Crippen LogP contribution in [0.4, 0.5) is 5.13 Å². The topological polar surface area (TPSA) is 67.8 Å². The molecule has 0 radical (unpaired) electrons. The molecule has 0 spiro atoms. The molecule has 0 saturated carbocycles. The molecule has 0 saturated heterocycles. The lowest BCUT2D eigenvalue weighted by Gasteiger charge is -2.06. The SMILES string of the molecule is Cc1ccc(C)c(-c2ccc(SCC(=O)Nc3nccs3)nn2)c1. The number of anilines is 1. The lowest BCUT2D eigenvalue weighted by molar-refractivity contribution is -0.113. The van der Waals surface area contributed by atoms with Crippen molar-refractivity contribution in [3.63, 3.8) is 0 Å². The fourth-order valence-corrected chi connectivity index (χ4v) is 3.29. The molecule has 7 heteroatoms. The number of nitrogens with zero attached hydrogens (tertiary/aromatic N) is 3. The van der Waals surface area contributed by atoms with Gasteiger partial charge in [-0.1, -0.05) is 29.5 Å². The smallest absolute Gasteiger partial charge is 0.236 e. The van der Waals surface area contributed by atoms with Crippen molar-refractivity contribution in [3.05, 3.63) is 53.0 Å². The van der Waals surface area contributed by atoms with Crippen molar-refractivity contribution >= 4 is 34.1 Å². The number of rotatable bonds is 5. The highest BCUT2D eigenvalue weighted by molar-refractivity contribution is 7.99. The van der Waals surface area contributed by atoms with Gasteiger partial charge in [-0.2, -0.15) is 0 Å². The predicted molar refractivity (Wildman–Crippen MR) is 98.4 cm³/mol. The summed E-state index contributed by atoms with van der Waals surface area (Å²) in [5, 5.41) is 14.4. The predicted octanol–water partition coefficient (Wildman–Crippen LogP) is 3.95. The minimum Gasteiger partial charge on any atom is -0.301 e. The van der Waals surface area contributed by atoms with Gasteiger partial charge in [0.05, 0.1) is 11.4 Å². The van der Waals surface area contributed by atoms with E-state index in [0.29, 0.717) is 5.13 Å². The quantitative estimate of drug-likeness (QED) is 0.701. The summed E-state index contributed by atoms with van der Waals surface area (Å²) < 4.78 is 0. The van der Waals surface area contributed by atoms with Crippen molar-refractivity contribution in [1.82, 2.24) is 15.2 Å². The number of benzene rings is 1. The van der Waals surface area contributed by atoms with Gasteiger partial charge in [0.1, 0.15) is 5.03 Å². The van der Waals surface area contributed by atoms with Crippen molar-refractivity contribution < 1.29 is 4.79 Å². The van der Waals surface area contributed by atoms with Gasteiger partial charge < -0.3 is 5.32 Å². The number of hydrogen-bond donors (Lipinski definition) is 1. The molecular weight excluding hydrogens is 340 g/mol. The van der Waals surface area contributed by atoms with Crippen LogP contribution < -0.4 is 5.32 Å². The first-order valence-electron chi connectivity index (χ1n) is 7.35. The molecule has 0 aliphatic carbocycles. The highest BCUT2D eigenvalue weighted by Crippen LogP contribution is 2.24. The molecule has 1 amide bonds. The Morgan fingerprint density at radius 1 is 1.21 bits per heavy atom. The van der Waals surface area contributed by atoms with Gasteiger partial charge in [-0.3, -0.25) is 4.79 Å². The molecule has 2 aromatic heterocycles. The van der Waals surface area contributed by atoms with Gasteiger partial charge in [0, 0.05) is 17.1 Å². The lowest BCUT2D eigenvalue weighted by atomic mass is 10.0. The van der Waals surface area contributed by atoms with E-state index in [1.165, 1.54) is 28.7 Å². The van der Waals surface area contributed by atoms with Gasteiger partial charge in [-0.25, -0.2) is 4.98 Å². The Bertz CT molecular complexity index is 832. The average molecular weight is 356 g/mol. The van der Waals surface area contributed by atoms with Crippen molar-refractivity contribution in [2.24, 2.45) is 0 Å². The van der Waals surface area contributed by atoms with E-state index in [4.69, 9.17) is 0 Å². The number of thiazole rings is 1. The fourth-order valence-electron chi connectivity index (χ4n) is 2.13. The fraction of sp³-hybridized carbons (Fsp3) is 0.176. The number of carbonyl (C=O) groups is 1. The standard InChI is InChI=1S/C17H16N4OS2/c1-11-3-4-12(2)13(9-11)14-5-6-16(21-20-14)24-10-15(22)19-17-18-7-8-23-17/h3-9H,10H2,1-2H3,(H,18,19,22). The van der Waals surface area contributed by atoms with Crippen molar-refractivity contribution in [1.29, 1.82) is 0 Å². The van der Waals surface area contributed by atoms with Crippen LogP contribution in [-0.4, -0.2) is 26.8 Å². The van der Waals surface area contributed by atoms with Crippen LogP contribution in [0.15, 0.2) is 46.9 Å². The van der Waals surface area contributed by atoms with Crippen molar-refractivity contribution in [2.75, 3.05) is 11.1 Å². The van der Waals surface area contributed by atoms with Crippen molar-refractivity contribution in [3.8, 4) is 11.3 Å². The second-order valence-corrected chi connectivity index (χ2v) is 7.14. The summed E-state index contributed by atoms with van der Waals surface area (Å²) in [5.41, 5.74) is 4.28. The van der Waals surface area contributed by atoms with Crippen LogP contribution in [0.5, 0.6) is 0 Å². The third kappa shape index (κ3) is 4.18. The lowest BCUT2D eigenvalue weighted by Crippen LogP contribution is -2.13. The molecule has 2 heterocycles. The molecule has 1 aromatic carbocycles. The third-order valence-electron chi connectivity index (χ3n) is 3.34. The second kappa shape index (κ2) is 7.55. The van der Waals surface area contributed by atoms with Crippen LogP contribution in [0.1, 0.15) is 11.1 Å². The first-order chi connectivity index (χ1) is 11.6. The van der Waals surface area contributed by atoms with Crippen LogP contribution in [0.3, 0.4) is 0 Å². The number of aryl methyl sites for hydroxylation is 2. The van der Waals surface area contributed by atoms with E-state index in [-0.39, 0.29) is 11.7 Å². The molecule has 0 aliphatic heterocycles. The van der Waals surface area contributed by atoms with Gasteiger partial charge in [-0.05, 0) is 37.6 Å². The zero-order valence-electron chi connectivity index (χ0n) is 13.3. The normalized spacial score (nSPS) is 10.6. The van der Waals surface area contributed by atoms with Crippen LogP contribution >= 0.6 is 23.1 Å². The van der Waals surface area contributed by atoms with Gasteiger partial charge >= 0.3 is 0 Å². The summed E-state index contributed by atoms with van der Waals surface area (Å²) in [6.45, 7) is 4.11. The molecule has 0 aliphatic rings. The number of aromatic nitrogens is 3. The number of nitrogens with one attached hydrogen (secondary N) is 1. The zero-order chi connectivity index (χ0) is 16.9. The van der Waals surface area contributed by atoms with Gasteiger partial charge in [0.2, 0.25) is 5.91 Å². The van der Waals surface area contributed by atoms with E-state index in [1.807, 2.05) is 17.5 Å². The van der Waals surface area contributed by atoms with Gasteiger partial charge in [-0.15, -0.1) is 21.5 Å². The third-order valence-corrected chi connectivity index (χ3v) is 4.95. The average Bonchev–Trinajstić information content (AvgIpc) is 3.09. The minimum absolute atomic E-state index is 0.102. The van der Waals surface area contributed by atoms with E-state index in [0.717, 1.165) is 21.8 Å². The Balaban J connectivity index is 1.62. The van der Waals surface area contributed by atoms with E-state index in [1.54, 1.807) is 6.20 Å².